The van der Waals surface area contributed by atoms with Crippen molar-refractivity contribution < 1.29 is 4.74 Å². The molecule has 0 bridgehead atoms. The number of nitrogens with zero attached hydrogens (tertiary/aromatic N) is 1. The van der Waals surface area contributed by atoms with E-state index in [0.717, 1.165) is 25.3 Å². The van der Waals surface area contributed by atoms with E-state index in [1.165, 1.54) is 23.4 Å². The van der Waals surface area contributed by atoms with E-state index in [1.807, 2.05) is 0 Å². The fourth-order valence-corrected chi connectivity index (χ4v) is 3.17. The highest BCUT2D eigenvalue weighted by Gasteiger charge is 2.21. The maximum atomic E-state index is 5.90. The third-order valence-corrected chi connectivity index (χ3v) is 4.35. The quantitative estimate of drug-likeness (QED) is 0.771. The van der Waals surface area contributed by atoms with Gasteiger partial charge in [0, 0.05) is 24.0 Å². The van der Waals surface area contributed by atoms with Gasteiger partial charge in [-0.3, -0.25) is 0 Å². The average Bonchev–Trinajstić information content (AvgIpc) is 2.56. The van der Waals surface area contributed by atoms with Crippen LogP contribution in [-0.4, -0.2) is 13.2 Å². The normalized spacial score (nSPS) is 17.0. The van der Waals surface area contributed by atoms with E-state index in [4.69, 9.17) is 4.74 Å². The molecule has 0 aliphatic carbocycles. The molecule has 3 rings (SSSR count). The molecule has 0 amide bonds. The summed E-state index contributed by atoms with van der Waals surface area (Å²) in [6.07, 6.45) is 2.32. The van der Waals surface area contributed by atoms with Gasteiger partial charge in [-0.15, -0.1) is 0 Å². The van der Waals surface area contributed by atoms with Crippen molar-refractivity contribution in [3.63, 3.8) is 0 Å². The molecular formula is C19H23NO. The molecule has 0 unspecified atom stereocenters. The van der Waals surface area contributed by atoms with Crippen LogP contribution in [0.2, 0.25) is 0 Å². The van der Waals surface area contributed by atoms with Crippen LogP contribution in [0, 0.1) is 0 Å². The molecule has 1 heterocycles. The zero-order valence-corrected chi connectivity index (χ0v) is 12.9. The Labute approximate surface area is 127 Å². The number of benzene rings is 2. The zero-order chi connectivity index (χ0) is 14.7. The number of rotatable bonds is 4. The SMILES string of the molecule is CC[C@@H]1CCOc2cc(N(CC)c3ccccc3)ccc21. The van der Waals surface area contributed by atoms with Crippen molar-refractivity contribution >= 4 is 11.4 Å². The molecule has 110 valence electrons. The number of hydrogen-bond donors (Lipinski definition) is 0. The molecular weight excluding hydrogens is 258 g/mol. The highest BCUT2D eigenvalue weighted by Crippen LogP contribution is 2.39. The molecule has 0 aromatic heterocycles. The van der Waals surface area contributed by atoms with Gasteiger partial charge in [-0.1, -0.05) is 31.2 Å². The van der Waals surface area contributed by atoms with Crippen LogP contribution in [-0.2, 0) is 0 Å². The highest BCUT2D eigenvalue weighted by atomic mass is 16.5. The van der Waals surface area contributed by atoms with Gasteiger partial charge in [0.25, 0.3) is 0 Å². The lowest BCUT2D eigenvalue weighted by Crippen LogP contribution is -2.18. The van der Waals surface area contributed by atoms with Gasteiger partial charge in [0.1, 0.15) is 5.75 Å². The van der Waals surface area contributed by atoms with Gasteiger partial charge in [0.05, 0.1) is 6.61 Å². The van der Waals surface area contributed by atoms with Gasteiger partial charge in [-0.25, -0.2) is 0 Å². The van der Waals surface area contributed by atoms with E-state index >= 15 is 0 Å². The van der Waals surface area contributed by atoms with Crippen LogP contribution in [0.25, 0.3) is 0 Å². The first-order chi connectivity index (χ1) is 10.3. The summed E-state index contributed by atoms with van der Waals surface area (Å²) in [5.41, 5.74) is 3.80. The van der Waals surface area contributed by atoms with E-state index in [1.54, 1.807) is 0 Å². The summed E-state index contributed by atoms with van der Waals surface area (Å²) < 4.78 is 5.90. The van der Waals surface area contributed by atoms with E-state index in [0.29, 0.717) is 5.92 Å². The monoisotopic (exact) mass is 281 g/mol. The third-order valence-electron chi connectivity index (χ3n) is 4.35. The number of para-hydroxylation sites is 1. The molecule has 0 radical (unpaired) electrons. The molecule has 1 atom stereocenters. The Bertz CT molecular complexity index is 594. The minimum atomic E-state index is 0.648. The van der Waals surface area contributed by atoms with Crippen LogP contribution in [0.15, 0.2) is 48.5 Å². The van der Waals surface area contributed by atoms with E-state index < -0.39 is 0 Å². The molecule has 0 spiro atoms. The van der Waals surface area contributed by atoms with Crippen LogP contribution in [0.4, 0.5) is 11.4 Å². The minimum absolute atomic E-state index is 0.648. The second-order valence-electron chi connectivity index (χ2n) is 5.54. The molecule has 2 aromatic rings. The zero-order valence-electron chi connectivity index (χ0n) is 12.9. The number of hydrogen-bond acceptors (Lipinski definition) is 2. The Morgan fingerprint density at radius 3 is 2.57 bits per heavy atom. The fourth-order valence-electron chi connectivity index (χ4n) is 3.17. The highest BCUT2D eigenvalue weighted by molar-refractivity contribution is 5.65. The minimum Gasteiger partial charge on any atom is -0.493 e. The molecule has 0 saturated carbocycles. The van der Waals surface area contributed by atoms with Crippen molar-refractivity contribution in [2.24, 2.45) is 0 Å². The Morgan fingerprint density at radius 2 is 1.86 bits per heavy atom. The van der Waals surface area contributed by atoms with Crippen LogP contribution >= 0.6 is 0 Å². The first-order valence-electron chi connectivity index (χ1n) is 7.92. The molecule has 2 nitrogen and oxygen atoms in total. The topological polar surface area (TPSA) is 12.5 Å². The number of fused-ring (bicyclic) bond motifs is 1. The molecule has 2 aromatic carbocycles. The van der Waals surface area contributed by atoms with Gasteiger partial charge in [-0.2, -0.15) is 0 Å². The maximum absolute atomic E-state index is 5.90. The summed E-state index contributed by atoms with van der Waals surface area (Å²) >= 11 is 0. The lowest BCUT2D eigenvalue weighted by Gasteiger charge is -2.28. The van der Waals surface area contributed by atoms with Crippen molar-refractivity contribution in [3.8, 4) is 5.75 Å². The third kappa shape index (κ3) is 2.76. The van der Waals surface area contributed by atoms with Gasteiger partial charge >= 0.3 is 0 Å². The first kappa shape index (κ1) is 14.0. The molecule has 21 heavy (non-hydrogen) atoms. The molecule has 0 saturated heterocycles. The second kappa shape index (κ2) is 6.21. The van der Waals surface area contributed by atoms with Crippen LogP contribution in [0.3, 0.4) is 0 Å². The average molecular weight is 281 g/mol. The van der Waals surface area contributed by atoms with Gasteiger partial charge in [-0.05, 0) is 49.4 Å². The summed E-state index contributed by atoms with van der Waals surface area (Å²) in [5.74, 6) is 1.72. The Kier molecular flexibility index (Phi) is 4.14. The Hall–Kier alpha value is -1.96. The second-order valence-corrected chi connectivity index (χ2v) is 5.54. The molecule has 1 aliphatic rings. The summed E-state index contributed by atoms with van der Waals surface area (Å²) in [6.45, 7) is 6.23. The molecule has 0 fully saturated rings. The number of ether oxygens (including phenoxy) is 1. The standard InChI is InChI=1S/C19H23NO/c1-3-15-12-13-21-19-14-17(10-11-18(15)19)20(4-2)16-8-6-5-7-9-16/h5-11,14-15H,3-4,12-13H2,1-2H3/t15-/m1/s1. The predicted octanol–water partition coefficient (Wildman–Crippen LogP) is 5.12. The predicted molar refractivity (Wildman–Crippen MR) is 88.7 cm³/mol. The summed E-state index contributed by atoms with van der Waals surface area (Å²) in [5, 5.41) is 0. The molecule has 0 N–H and O–H groups in total. The van der Waals surface area contributed by atoms with Gasteiger partial charge in [0.2, 0.25) is 0 Å². The maximum Gasteiger partial charge on any atom is 0.124 e. The number of anilines is 2. The largest absolute Gasteiger partial charge is 0.493 e. The van der Waals surface area contributed by atoms with Crippen molar-refractivity contribution in [2.75, 3.05) is 18.1 Å². The summed E-state index contributed by atoms with van der Waals surface area (Å²) in [4.78, 5) is 2.32. The van der Waals surface area contributed by atoms with Crippen LogP contribution in [0.5, 0.6) is 5.75 Å². The van der Waals surface area contributed by atoms with Crippen molar-refractivity contribution in [1.29, 1.82) is 0 Å². The van der Waals surface area contributed by atoms with E-state index in [2.05, 4.69) is 67.3 Å². The summed E-state index contributed by atoms with van der Waals surface area (Å²) in [6, 6.07) is 17.2. The van der Waals surface area contributed by atoms with Crippen molar-refractivity contribution in [3.05, 3.63) is 54.1 Å². The van der Waals surface area contributed by atoms with E-state index in [-0.39, 0.29) is 0 Å². The van der Waals surface area contributed by atoms with E-state index in [9.17, 15) is 0 Å². The first-order valence-corrected chi connectivity index (χ1v) is 7.92. The lowest BCUT2D eigenvalue weighted by molar-refractivity contribution is 0.265. The van der Waals surface area contributed by atoms with Crippen molar-refractivity contribution in [1.82, 2.24) is 0 Å². The Morgan fingerprint density at radius 1 is 1.05 bits per heavy atom. The Balaban J connectivity index is 1.96. The van der Waals surface area contributed by atoms with Crippen LogP contribution in [0.1, 0.15) is 38.2 Å². The van der Waals surface area contributed by atoms with Crippen molar-refractivity contribution in [2.45, 2.75) is 32.6 Å². The molecule has 2 heteroatoms. The molecule has 1 aliphatic heterocycles. The van der Waals surface area contributed by atoms with Crippen LogP contribution < -0.4 is 9.64 Å². The fraction of sp³-hybridized carbons (Fsp3) is 0.368. The lowest BCUT2D eigenvalue weighted by atomic mass is 9.90. The summed E-state index contributed by atoms with van der Waals surface area (Å²) in [7, 11) is 0. The van der Waals surface area contributed by atoms with Gasteiger partial charge in [0.15, 0.2) is 0 Å². The smallest absolute Gasteiger partial charge is 0.124 e. The van der Waals surface area contributed by atoms with Gasteiger partial charge < -0.3 is 9.64 Å².